The first-order chi connectivity index (χ1) is 18.0. The second kappa shape index (κ2) is 10.7. The first-order valence-corrected chi connectivity index (χ1v) is 13.1. The molecule has 4 aliphatic heterocycles. The summed E-state index contributed by atoms with van der Waals surface area (Å²) in [5.41, 5.74) is -0.571. The van der Waals surface area contributed by atoms with Crippen LogP contribution < -0.4 is 9.64 Å². The van der Waals surface area contributed by atoms with Gasteiger partial charge in [-0.3, -0.25) is 14.4 Å². The number of benzene rings is 1. The maximum Gasteiger partial charge on any atom is 0.312 e. The predicted molar refractivity (Wildman–Crippen MR) is 135 cm³/mol. The van der Waals surface area contributed by atoms with Crippen molar-refractivity contribution in [2.24, 2.45) is 11.8 Å². The number of methoxy groups -OCH3 is 1. The van der Waals surface area contributed by atoms with E-state index in [4.69, 9.17) is 19.3 Å². The minimum absolute atomic E-state index is 0.128. The van der Waals surface area contributed by atoms with Crippen LogP contribution in [-0.2, 0) is 23.9 Å². The van der Waals surface area contributed by atoms with Crippen molar-refractivity contribution in [3.05, 3.63) is 48.6 Å². The zero-order chi connectivity index (χ0) is 26.0. The van der Waals surface area contributed by atoms with E-state index in [1.54, 1.807) is 29.0 Å². The lowest BCUT2D eigenvalue weighted by atomic mass is 9.77. The molecule has 0 aliphatic carbocycles. The van der Waals surface area contributed by atoms with Crippen LogP contribution in [0.4, 0.5) is 5.69 Å². The fourth-order valence-electron chi connectivity index (χ4n) is 6.09. The number of nitrogens with zero attached hydrogens (tertiary/aromatic N) is 2. The number of amides is 2. The zero-order valence-electron chi connectivity index (χ0n) is 21.1. The Labute approximate surface area is 216 Å². The predicted octanol–water partition coefficient (Wildman–Crippen LogP) is 2.23. The zero-order valence-corrected chi connectivity index (χ0v) is 21.1. The van der Waals surface area contributed by atoms with E-state index in [1.165, 1.54) is 0 Å². The van der Waals surface area contributed by atoms with E-state index in [1.807, 2.05) is 36.4 Å². The van der Waals surface area contributed by atoms with Crippen LogP contribution in [0.15, 0.2) is 48.6 Å². The highest BCUT2D eigenvalue weighted by molar-refractivity contribution is 6.05. The third-order valence-electron chi connectivity index (χ3n) is 7.81. The van der Waals surface area contributed by atoms with Gasteiger partial charge in [0.15, 0.2) is 0 Å². The number of likely N-dealkylation sites (tertiary alicyclic amines) is 1. The molecule has 9 nitrogen and oxygen atoms in total. The summed E-state index contributed by atoms with van der Waals surface area (Å²) in [5, 5.41) is 9.10. The second-order valence-electron chi connectivity index (χ2n) is 9.95. The Morgan fingerprint density at radius 1 is 1.05 bits per heavy atom. The maximum absolute atomic E-state index is 14.2. The molecule has 1 N–H and O–H groups in total. The van der Waals surface area contributed by atoms with Gasteiger partial charge in [0.2, 0.25) is 5.91 Å². The highest BCUT2D eigenvalue weighted by Crippen LogP contribution is 2.53. The molecular weight excluding hydrogens is 476 g/mol. The number of rotatable bonds is 8. The van der Waals surface area contributed by atoms with Crippen LogP contribution in [0.3, 0.4) is 0 Å². The Morgan fingerprint density at radius 3 is 2.59 bits per heavy atom. The van der Waals surface area contributed by atoms with Crippen LogP contribution in [0.25, 0.3) is 0 Å². The van der Waals surface area contributed by atoms with Gasteiger partial charge in [0.1, 0.15) is 23.3 Å². The average molecular weight is 511 g/mol. The highest BCUT2D eigenvalue weighted by atomic mass is 16.6. The maximum atomic E-state index is 14.2. The van der Waals surface area contributed by atoms with Crippen molar-refractivity contribution in [1.82, 2.24) is 4.90 Å². The summed E-state index contributed by atoms with van der Waals surface area (Å²) in [6.45, 7) is 1.07. The molecule has 9 heteroatoms. The monoisotopic (exact) mass is 510 g/mol. The number of anilines is 1. The Bertz CT molecular complexity index is 1080. The topological polar surface area (TPSA) is 106 Å². The van der Waals surface area contributed by atoms with E-state index in [0.29, 0.717) is 43.8 Å². The van der Waals surface area contributed by atoms with Gasteiger partial charge in [0.05, 0.1) is 25.7 Å². The first-order valence-electron chi connectivity index (χ1n) is 13.1. The lowest BCUT2D eigenvalue weighted by Gasteiger charge is -2.35. The Balaban J connectivity index is 1.52. The number of carbonyl (C=O) groups excluding carboxylic acids is 3. The summed E-state index contributed by atoms with van der Waals surface area (Å²) >= 11 is 0. The number of ether oxygens (including phenoxy) is 3. The lowest BCUT2D eigenvalue weighted by molar-refractivity contribution is -0.154. The molecule has 198 valence electrons. The van der Waals surface area contributed by atoms with E-state index in [-0.39, 0.29) is 25.0 Å². The van der Waals surface area contributed by atoms with Crippen molar-refractivity contribution in [1.29, 1.82) is 0 Å². The van der Waals surface area contributed by atoms with E-state index < -0.39 is 35.6 Å². The summed E-state index contributed by atoms with van der Waals surface area (Å²) < 4.78 is 17.3. The smallest absolute Gasteiger partial charge is 0.312 e. The number of hydrogen-bond donors (Lipinski definition) is 1. The van der Waals surface area contributed by atoms with E-state index in [2.05, 4.69) is 0 Å². The van der Waals surface area contributed by atoms with Gasteiger partial charge < -0.3 is 29.1 Å². The van der Waals surface area contributed by atoms with Crippen molar-refractivity contribution in [3.63, 3.8) is 0 Å². The molecule has 37 heavy (non-hydrogen) atoms. The van der Waals surface area contributed by atoms with Crippen LogP contribution in [0.1, 0.15) is 32.1 Å². The molecular formula is C28H34N2O7. The minimum atomic E-state index is -1.26. The Hall–Kier alpha value is -3.17. The molecule has 2 saturated heterocycles. The number of aliphatic hydroxyl groups is 1. The summed E-state index contributed by atoms with van der Waals surface area (Å²) in [4.78, 5) is 44.6. The summed E-state index contributed by atoms with van der Waals surface area (Å²) in [7, 11) is 1.59. The molecule has 2 amide bonds. The van der Waals surface area contributed by atoms with E-state index in [0.717, 1.165) is 12.8 Å². The molecule has 1 aromatic rings. The standard InChI is InChI=1S/C28H34N2O7/c1-35-20-12-10-19(11-13-20)29-16-8-14-28-23(22-21(37-28)9-4-7-18-36-27(22)34)25(32)30(24(28)26(29)33)15-5-2-3-6-17-31/h4,8-14,21-24,31H,2-3,5-7,15-18H2,1H3/t21-,22+,23-,24?,28-/m0/s1. The van der Waals surface area contributed by atoms with Crippen LogP contribution in [0.2, 0.25) is 0 Å². The van der Waals surface area contributed by atoms with Gasteiger partial charge in [0.25, 0.3) is 5.91 Å². The molecule has 4 heterocycles. The van der Waals surface area contributed by atoms with Gasteiger partial charge in [0, 0.05) is 25.4 Å². The van der Waals surface area contributed by atoms with Gasteiger partial charge in [-0.15, -0.1) is 0 Å². The Kier molecular flexibility index (Phi) is 7.35. The van der Waals surface area contributed by atoms with Crippen LogP contribution in [0.5, 0.6) is 5.75 Å². The number of esters is 1. The number of unbranched alkanes of at least 4 members (excludes halogenated alkanes) is 3. The first kappa shape index (κ1) is 25.5. The van der Waals surface area contributed by atoms with E-state index >= 15 is 0 Å². The number of hydrogen-bond acceptors (Lipinski definition) is 7. The fourth-order valence-corrected chi connectivity index (χ4v) is 6.09. The number of cyclic esters (lactones) is 1. The molecule has 2 fully saturated rings. The average Bonchev–Trinajstić information content (AvgIpc) is 3.27. The highest BCUT2D eigenvalue weighted by Gasteiger charge is 2.71. The molecule has 1 spiro atoms. The van der Waals surface area contributed by atoms with Gasteiger partial charge in [-0.05, 0) is 43.5 Å². The second-order valence-corrected chi connectivity index (χ2v) is 9.95. The quantitative estimate of drug-likeness (QED) is 0.325. The molecule has 1 aromatic carbocycles. The van der Waals surface area contributed by atoms with Crippen LogP contribution in [0, 0.1) is 11.8 Å². The number of carbonyl (C=O) groups is 3. The minimum Gasteiger partial charge on any atom is -0.497 e. The summed E-state index contributed by atoms with van der Waals surface area (Å²) in [6, 6.07) is 6.32. The van der Waals surface area contributed by atoms with Gasteiger partial charge in [-0.25, -0.2) is 0 Å². The molecule has 0 saturated carbocycles. The van der Waals surface area contributed by atoms with Crippen molar-refractivity contribution in [3.8, 4) is 5.75 Å². The number of fused-ring (bicyclic) bond motifs is 2. The van der Waals surface area contributed by atoms with Crippen molar-refractivity contribution in [2.75, 3.05) is 38.3 Å². The molecule has 0 radical (unpaired) electrons. The Morgan fingerprint density at radius 2 is 1.84 bits per heavy atom. The third kappa shape index (κ3) is 4.44. The lowest BCUT2D eigenvalue weighted by Crippen LogP contribution is -2.55. The number of aliphatic hydroxyl groups excluding tert-OH is 1. The molecule has 0 aromatic heterocycles. The largest absolute Gasteiger partial charge is 0.497 e. The molecule has 5 rings (SSSR count). The van der Waals surface area contributed by atoms with Crippen LogP contribution >= 0.6 is 0 Å². The molecule has 1 unspecified atom stereocenters. The molecule has 5 atom stereocenters. The molecule has 0 bridgehead atoms. The van der Waals surface area contributed by atoms with Crippen LogP contribution in [-0.4, -0.2) is 79.0 Å². The normalized spacial score (nSPS) is 30.8. The van der Waals surface area contributed by atoms with E-state index in [9.17, 15) is 14.4 Å². The van der Waals surface area contributed by atoms with Gasteiger partial charge in [-0.1, -0.05) is 37.1 Å². The third-order valence-corrected chi connectivity index (χ3v) is 7.81. The fraction of sp³-hybridized carbons (Fsp3) is 0.536. The van der Waals surface area contributed by atoms with Crippen molar-refractivity contribution >= 4 is 23.5 Å². The summed E-state index contributed by atoms with van der Waals surface area (Å²) in [5.74, 6) is -1.92. The summed E-state index contributed by atoms with van der Waals surface area (Å²) in [6.07, 6.45) is 10.4. The molecule has 4 aliphatic rings. The van der Waals surface area contributed by atoms with Crippen molar-refractivity contribution < 1.29 is 33.7 Å². The van der Waals surface area contributed by atoms with Gasteiger partial charge >= 0.3 is 5.97 Å². The van der Waals surface area contributed by atoms with Crippen molar-refractivity contribution in [2.45, 2.75) is 49.9 Å². The SMILES string of the molecule is COc1ccc(N2CC=C[C@]34O[C@H]5C=CCCOC(=O)[C@H]5[C@H]3C(=O)N(CCCCCCO)C4C2=O)cc1. The van der Waals surface area contributed by atoms with Gasteiger partial charge in [-0.2, -0.15) is 0 Å².